The molecule has 2 aliphatic carbocycles. The van der Waals surface area contributed by atoms with Gasteiger partial charge in [0.25, 0.3) is 0 Å². The summed E-state index contributed by atoms with van der Waals surface area (Å²) in [5.41, 5.74) is 1.07. The number of amides is 1. The number of rotatable bonds is 2. The summed E-state index contributed by atoms with van der Waals surface area (Å²) >= 11 is 6.35. The first-order chi connectivity index (χ1) is 10.3. The van der Waals surface area contributed by atoms with Gasteiger partial charge in [-0.3, -0.25) is 4.79 Å². The van der Waals surface area contributed by atoms with Gasteiger partial charge in [-0.05, 0) is 36.3 Å². The first-order valence-corrected chi connectivity index (χ1v) is 8.41. The van der Waals surface area contributed by atoms with E-state index in [-0.39, 0.29) is 18.4 Å². The van der Waals surface area contributed by atoms with E-state index >= 15 is 0 Å². The van der Waals surface area contributed by atoms with Crippen LogP contribution >= 0.6 is 24.0 Å². The minimum absolute atomic E-state index is 0. The Labute approximate surface area is 142 Å². The zero-order valence-electron chi connectivity index (χ0n) is 12.5. The van der Waals surface area contributed by atoms with Crippen LogP contribution in [-0.4, -0.2) is 30.4 Å². The zero-order valence-corrected chi connectivity index (χ0v) is 14.1. The van der Waals surface area contributed by atoms with Crippen molar-refractivity contribution >= 4 is 29.9 Å². The third-order valence-electron chi connectivity index (χ3n) is 5.48. The molecule has 1 aromatic carbocycles. The normalized spacial score (nSPS) is 33.0. The molecule has 1 aromatic rings. The monoisotopic (exact) mass is 340 g/mol. The molecule has 3 aliphatic rings. The molecule has 3 unspecified atom stereocenters. The quantitative estimate of drug-likeness (QED) is 0.895. The molecule has 1 heterocycles. The van der Waals surface area contributed by atoms with Gasteiger partial charge >= 0.3 is 0 Å². The van der Waals surface area contributed by atoms with Crippen LogP contribution in [0.25, 0.3) is 0 Å². The van der Waals surface area contributed by atoms with Crippen LogP contribution in [0, 0.1) is 17.8 Å². The summed E-state index contributed by atoms with van der Waals surface area (Å²) in [6.07, 6.45) is 3.82. The molecular weight excluding hydrogens is 319 g/mol. The predicted octanol–water partition coefficient (Wildman–Crippen LogP) is 3.28. The first kappa shape index (κ1) is 16.1. The SMILES string of the molecule is Cl.O=C(C1C2CCCC21)N1CCNCC1c1ccccc1Cl. The van der Waals surface area contributed by atoms with Gasteiger partial charge in [-0.2, -0.15) is 0 Å². The Morgan fingerprint density at radius 3 is 2.68 bits per heavy atom. The van der Waals surface area contributed by atoms with Crippen LogP contribution in [0.4, 0.5) is 0 Å². The van der Waals surface area contributed by atoms with Crippen molar-refractivity contribution in [2.24, 2.45) is 17.8 Å². The highest BCUT2D eigenvalue weighted by molar-refractivity contribution is 6.31. The van der Waals surface area contributed by atoms with Crippen molar-refractivity contribution in [3.8, 4) is 0 Å². The fraction of sp³-hybridized carbons (Fsp3) is 0.588. The van der Waals surface area contributed by atoms with Crippen molar-refractivity contribution in [2.45, 2.75) is 25.3 Å². The minimum Gasteiger partial charge on any atom is -0.333 e. The lowest BCUT2D eigenvalue weighted by molar-refractivity contribution is -0.136. The van der Waals surface area contributed by atoms with Crippen molar-refractivity contribution in [1.29, 1.82) is 0 Å². The zero-order chi connectivity index (χ0) is 14.4. The molecule has 120 valence electrons. The van der Waals surface area contributed by atoms with E-state index in [1.807, 2.05) is 24.3 Å². The molecule has 3 nitrogen and oxygen atoms in total. The van der Waals surface area contributed by atoms with Crippen molar-refractivity contribution in [3.05, 3.63) is 34.9 Å². The Bertz CT molecular complexity index is 555. The summed E-state index contributed by atoms with van der Waals surface area (Å²) in [6.45, 7) is 2.48. The number of nitrogens with zero attached hydrogens (tertiary/aromatic N) is 1. The number of benzene rings is 1. The molecular formula is C17H22Cl2N2O. The Morgan fingerprint density at radius 2 is 1.95 bits per heavy atom. The average Bonchev–Trinajstić information content (AvgIpc) is 2.99. The molecule has 3 fully saturated rings. The number of piperazine rings is 1. The molecule has 1 aliphatic heterocycles. The second-order valence-corrected chi connectivity index (χ2v) is 6.96. The fourth-order valence-corrected chi connectivity index (χ4v) is 4.63. The average molecular weight is 341 g/mol. The van der Waals surface area contributed by atoms with E-state index in [1.54, 1.807) is 0 Å². The molecule has 0 bridgehead atoms. The van der Waals surface area contributed by atoms with Crippen molar-refractivity contribution in [2.75, 3.05) is 19.6 Å². The Morgan fingerprint density at radius 1 is 1.23 bits per heavy atom. The topological polar surface area (TPSA) is 32.3 Å². The van der Waals surface area contributed by atoms with Crippen LogP contribution in [0.3, 0.4) is 0 Å². The van der Waals surface area contributed by atoms with E-state index in [9.17, 15) is 4.79 Å². The Balaban J connectivity index is 0.00000144. The Hall–Kier alpha value is -0.770. The maximum absolute atomic E-state index is 12.9. The third-order valence-corrected chi connectivity index (χ3v) is 5.83. The molecule has 0 radical (unpaired) electrons. The van der Waals surface area contributed by atoms with E-state index in [4.69, 9.17) is 11.6 Å². The number of hydrogen-bond donors (Lipinski definition) is 1. The van der Waals surface area contributed by atoms with Crippen molar-refractivity contribution in [3.63, 3.8) is 0 Å². The highest BCUT2D eigenvalue weighted by Crippen LogP contribution is 2.58. The number of carbonyl (C=O) groups excluding carboxylic acids is 1. The summed E-state index contributed by atoms with van der Waals surface area (Å²) in [5, 5.41) is 4.17. The minimum atomic E-state index is 0. The number of fused-ring (bicyclic) bond motifs is 1. The second kappa shape index (κ2) is 6.38. The lowest BCUT2D eigenvalue weighted by Crippen LogP contribution is -2.49. The number of hydrogen-bond acceptors (Lipinski definition) is 2. The van der Waals surface area contributed by atoms with Gasteiger partial charge in [-0.25, -0.2) is 0 Å². The molecule has 5 heteroatoms. The maximum Gasteiger partial charge on any atom is 0.226 e. The molecule has 1 N–H and O–H groups in total. The summed E-state index contributed by atoms with van der Waals surface area (Å²) in [7, 11) is 0. The lowest BCUT2D eigenvalue weighted by atomic mass is 10.0. The summed E-state index contributed by atoms with van der Waals surface area (Å²) in [5.74, 6) is 2.04. The van der Waals surface area contributed by atoms with Gasteiger partial charge in [-0.1, -0.05) is 36.2 Å². The standard InChI is InChI=1S/C17H21ClN2O.ClH/c18-14-7-2-1-4-13(14)15-10-19-8-9-20(15)17(21)16-11-5-3-6-12(11)16;/h1-2,4,7,11-12,15-16,19H,3,5-6,8-10H2;1H. The summed E-state index contributed by atoms with van der Waals surface area (Å²) in [4.78, 5) is 15.0. The van der Waals surface area contributed by atoms with Gasteiger partial charge < -0.3 is 10.2 Å². The van der Waals surface area contributed by atoms with Crippen LogP contribution in [0.5, 0.6) is 0 Å². The smallest absolute Gasteiger partial charge is 0.226 e. The van der Waals surface area contributed by atoms with E-state index < -0.39 is 0 Å². The molecule has 0 spiro atoms. The predicted molar refractivity (Wildman–Crippen MR) is 90.3 cm³/mol. The fourth-order valence-electron chi connectivity index (χ4n) is 4.37. The van der Waals surface area contributed by atoms with Gasteiger partial charge in [0.05, 0.1) is 6.04 Å². The van der Waals surface area contributed by atoms with Gasteiger partial charge in [0.1, 0.15) is 0 Å². The Kier molecular flexibility index (Phi) is 4.67. The summed E-state index contributed by atoms with van der Waals surface area (Å²) < 4.78 is 0. The lowest BCUT2D eigenvalue weighted by Gasteiger charge is -2.37. The largest absolute Gasteiger partial charge is 0.333 e. The molecule has 2 saturated carbocycles. The molecule has 3 atom stereocenters. The molecule has 4 rings (SSSR count). The number of halogens is 2. The molecule has 0 aromatic heterocycles. The van der Waals surface area contributed by atoms with Crippen LogP contribution in [0.2, 0.25) is 5.02 Å². The van der Waals surface area contributed by atoms with E-state index in [2.05, 4.69) is 10.2 Å². The van der Waals surface area contributed by atoms with Crippen LogP contribution in [-0.2, 0) is 4.79 Å². The first-order valence-electron chi connectivity index (χ1n) is 8.03. The van der Waals surface area contributed by atoms with Crippen LogP contribution in [0.1, 0.15) is 30.9 Å². The van der Waals surface area contributed by atoms with Gasteiger partial charge in [0.2, 0.25) is 5.91 Å². The molecule has 1 amide bonds. The maximum atomic E-state index is 12.9. The van der Waals surface area contributed by atoms with E-state index in [1.165, 1.54) is 19.3 Å². The van der Waals surface area contributed by atoms with Gasteiger partial charge in [0, 0.05) is 30.6 Å². The highest BCUT2D eigenvalue weighted by atomic mass is 35.5. The highest BCUT2D eigenvalue weighted by Gasteiger charge is 2.58. The van der Waals surface area contributed by atoms with Gasteiger partial charge in [0.15, 0.2) is 0 Å². The van der Waals surface area contributed by atoms with Gasteiger partial charge in [-0.15, -0.1) is 12.4 Å². The second-order valence-electron chi connectivity index (χ2n) is 6.56. The molecule has 1 saturated heterocycles. The van der Waals surface area contributed by atoms with Crippen molar-refractivity contribution in [1.82, 2.24) is 10.2 Å². The molecule has 22 heavy (non-hydrogen) atoms. The number of nitrogens with one attached hydrogen (secondary N) is 1. The summed E-state index contributed by atoms with van der Waals surface area (Å²) in [6, 6.07) is 8.00. The number of carbonyl (C=O) groups is 1. The third kappa shape index (κ3) is 2.64. The van der Waals surface area contributed by atoms with Crippen molar-refractivity contribution < 1.29 is 4.79 Å². The van der Waals surface area contributed by atoms with Crippen LogP contribution < -0.4 is 5.32 Å². The van der Waals surface area contributed by atoms with Crippen LogP contribution in [0.15, 0.2) is 24.3 Å². The van der Waals surface area contributed by atoms with E-state index in [0.717, 1.165) is 30.2 Å². The van der Waals surface area contributed by atoms with E-state index in [0.29, 0.717) is 23.7 Å².